The molecule has 1 fully saturated rings. The van der Waals surface area contributed by atoms with Crippen molar-refractivity contribution in [1.29, 1.82) is 0 Å². The fourth-order valence-electron chi connectivity index (χ4n) is 4.59. The van der Waals surface area contributed by atoms with Crippen LogP contribution in [0.15, 0.2) is 42.7 Å². The number of pyridine rings is 1. The number of rotatable bonds is 4. The standard InChI is InChI=1S/C25H29N5OS/c1-24(2)14-21-27-28-23(30(21)11-12-32-24)25(9-10-25)20-13-19(15-26-16-20)17-5-7-18(8-6-17)22(31)29(3)4/h5-8,13,15-16H,9-12,14H2,1-4H3. The van der Waals surface area contributed by atoms with Crippen molar-refractivity contribution < 1.29 is 4.79 Å². The molecule has 6 nitrogen and oxygen atoms in total. The number of thioether (sulfide) groups is 1. The van der Waals surface area contributed by atoms with Gasteiger partial charge >= 0.3 is 0 Å². The number of aromatic nitrogens is 4. The molecule has 32 heavy (non-hydrogen) atoms. The molecule has 2 aromatic heterocycles. The fraction of sp³-hybridized carbons (Fsp3) is 0.440. The lowest BCUT2D eigenvalue weighted by atomic mass is 9.93. The first-order valence-electron chi connectivity index (χ1n) is 11.1. The Kier molecular flexibility index (Phi) is 5.12. The van der Waals surface area contributed by atoms with Crippen LogP contribution < -0.4 is 0 Å². The van der Waals surface area contributed by atoms with Gasteiger partial charge in [-0.3, -0.25) is 9.78 Å². The maximum Gasteiger partial charge on any atom is 0.253 e. The number of fused-ring (bicyclic) bond motifs is 1. The summed E-state index contributed by atoms with van der Waals surface area (Å²) in [5, 5.41) is 9.31. The number of carbonyl (C=O) groups excluding carboxylic acids is 1. The van der Waals surface area contributed by atoms with E-state index in [2.05, 4.69) is 34.6 Å². The summed E-state index contributed by atoms with van der Waals surface area (Å²) < 4.78 is 2.56. The van der Waals surface area contributed by atoms with Crippen molar-refractivity contribution in [2.24, 2.45) is 0 Å². The summed E-state index contributed by atoms with van der Waals surface area (Å²) in [6.07, 6.45) is 6.96. The zero-order valence-corrected chi connectivity index (χ0v) is 19.9. The van der Waals surface area contributed by atoms with Gasteiger partial charge < -0.3 is 9.47 Å². The third-order valence-corrected chi connectivity index (χ3v) is 7.87. The van der Waals surface area contributed by atoms with Gasteiger partial charge in [-0.1, -0.05) is 26.0 Å². The van der Waals surface area contributed by atoms with Crippen LogP contribution in [-0.2, 0) is 18.4 Å². The van der Waals surface area contributed by atoms with E-state index in [4.69, 9.17) is 5.10 Å². The van der Waals surface area contributed by atoms with Gasteiger partial charge in [0, 0.05) is 61.1 Å². The van der Waals surface area contributed by atoms with Crippen LogP contribution in [0.1, 0.15) is 54.3 Å². The zero-order chi connectivity index (χ0) is 22.5. The molecule has 0 bridgehead atoms. The molecule has 166 valence electrons. The second-order valence-corrected chi connectivity index (χ2v) is 11.5. The number of amides is 1. The SMILES string of the molecule is CN(C)C(=O)c1ccc(-c2cncc(C3(c4nnc5n4CCSC(C)(C)C5)CC3)c2)cc1. The van der Waals surface area contributed by atoms with Crippen molar-refractivity contribution in [3.05, 3.63) is 65.5 Å². The molecule has 1 aromatic carbocycles. The van der Waals surface area contributed by atoms with Crippen LogP contribution in [0.3, 0.4) is 0 Å². The van der Waals surface area contributed by atoms with E-state index in [0.29, 0.717) is 5.56 Å². The van der Waals surface area contributed by atoms with Crippen LogP contribution in [-0.4, -0.2) is 55.2 Å². The molecule has 3 heterocycles. The molecule has 0 radical (unpaired) electrons. The third-order valence-electron chi connectivity index (χ3n) is 6.56. The fourth-order valence-corrected chi connectivity index (χ4v) is 5.65. The first kappa shape index (κ1) is 21.2. The highest BCUT2D eigenvalue weighted by atomic mass is 32.2. The molecule has 0 spiro atoms. The predicted octanol–water partition coefficient (Wildman–Crippen LogP) is 4.19. The highest BCUT2D eigenvalue weighted by Crippen LogP contribution is 2.53. The summed E-state index contributed by atoms with van der Waals surface area (Å²) in [4.78, 5) is 18.4. The van der Waals surface area contributed by atoms with Gasteiger partial charge in [-0.05, 0) is 42.2 Å². The molecule has 0 saturated heterocycles. The van der Waals surface area contributed by atoms with Gasteiger partial charge in [0.15, 0.2) is 0 Å². The van der Waals surface area contributed by atoms with Crippen molar-refractivity contribution in [1.82, 2.24) is 24.6 Å². The molecule has 1 amide bonds. The van der Waals surface area contributed by atoms with E-state index in [0.717, 1.165) is 54.3 Å². The summed E-state index contributed by atoms with van der Waals surface area (Å²) in [7, 11) is 3.53. The monoisotopic (exact) mass is 447 g/mol. The molecule has 1 aliphatic carbocycles. The molecular formula is C25H29N5OS. The molecule has 1 saturated carbocycles. The second-order valence-electron chi connectivity index (χ2n) is 9.70. The maximum absolute atomic E-state index is 12.2. The lowest BCUT2D eigenvalue weighted by Crippen LogP contribution is -2.21. The third kappa shape index (κ3) is 3.72. The van der Waals surface area contributed by atoms with E-state index < -0.39 is 0 Å². The van der Waals surface area contributed by atoms with Crippen molar-refractivity contribution in [2.45, 2.75) is 49.8 Å². The van der Waals surface area contributed by atoms with Crippen LogP contribution in [0.4, 0.5) is 0 Å². The van der Waals surface area contributed by atoms with Crippen molar-refractivity contribution >= 4 is 17.7 Å². The molecule has 2 aliphatic rings. The van der Waals surface area contributed by atoms with Crippen LogP contribution >= 0.6 is 11.8 Å². The predicted molar refractivity (Wildman–Crippen MR) is 128 cm³/mol. The largest absolute Gasteiger partial charge is 0.345 e. The van der Waals surface area contributed by atoms with E-state index in [1.54, 1.807) is 19.0 Å². The van der Waals surface area contributed by atoms with Gasteiger partial charge in [-0.25, -0.2) is 0 Å². The molecule has 5 rings (SSSR count). The van der Waals surface area contributed by atoms with Crippen LogP contribution in [0.25, 0.3) is 11.1 Å². The zero-order valence-electron chi connectivity index (χ0n) is 19.1. The smallest absolute Gasteiger partial charge is 0.253 e. The van der Waals surface area contributed by atoms with Crippen molar-refractivity contribution in [3.63, 3.8) is 0 Å². The minimum Gasteiger partial charge on any atom is -0.345 e. The maximum atomic E-state index is 12.2. The Bertz CT molecular complexity index is 1160. The van der Waals surface area contributed by atoms with Crippen LogP contribution in [0.2, 0.25) is 0 Å². The molecule has 7 heteroatoms. The Hall–Kier alpha value is -2.67. The molecule has 1 aliphatic heterocycles. The molecule has 0 atom stereocenters. The topological polar surface area (TPSA) is 63.9 Å². The number of nitrogens with zero attached hydrogens (tertiary/aromatic N) is 5. The normalized spacial score (nSPS) is 18.5. The van der Waals surface area contributed by atoms with Gasteiger partial charge in [-0.2, -0.15) is 11.8 Å². The second kappa shape index (κ2) is 7.73. The molecular weight excluding hydrogens is 418 g/mol. The Morgan fingerprint density at radius 1 is 1.06 bits per heavy atom. The first-order chi connectivity index (χ1) is 15.3. The van der Waals surface area contributed by atoms with Gasteiger partial charge in [0.1, 0.15) is 11.6 Å². The van der Waals surface area contributed by atoms with E-state index in [-0.39, 0.29) is 16.1 Å². The Morgan fingerprint density at radius 2 is 1.81 bits per heavy atom. The lowest BCUT2D eigenvalue weighted by molar-refractivity contribution is 0.0827. The number of benzene rings is 1. The quantitative estimate of drug-likeness (QED) is 0.600. The van der Waals surface area contributed by atoms with Crippen molar-refractivity contribution in [2.75, 3.05) is 19.8 Å². The van der Waals surface area contributed by atoms with Gasteiger partial charge in [0.05, 0.1) is 5.41 Å². The first-order valence-corrected chi connectivity index (χ1v) is 12.1. The average Bonchev–Trinajstić information content (AvgIpc) is 3.52. The van der Waals surface area contributed by atoms with Crippen LogP contribution in [0.5, 0.6) is 0 Å². The van der Waals surface area contributed by atoms with Gasteiger partial charge in [0.25, 0.3) is 5.91 Å². The molecule has 3 aromatic rings. The number of hydrogen-bond donors (Lipinski definition) is 0. The minimum atomic E-state index is -0.0890. The van der Waals surface area contributed by atoms with E-state index in [1.807, 2.05) is 48.4 Å². The highest BCUT2D eigenvalue weighted by Gasteiger charge is 2.51. The van der Waals surface area contributed by atoms with Crippen LogP contribution in [0, 0.1) is 0 Å². The summed E-state index contributed by atoms with van der Waals surface area (Å²) in [5.41, 5.74) is 3.92. The average molecular weight is 448 g/mol. The molecule has 0 N–H and O–H groups in total. The molecule has 0 unspecified atom stereocenters. The van der Waals surface area contributed by atoms with Gasteiger partial charge in [-0.15, -0.1) is 10.2 Å². The summed E-state index contributed by atoms with van der Waals surface area (Å²) in [5.74, 6) is 3.29. The minimum absolute atomic E-state index is 0.00852. The van der Waals surface area contributed by atoms with E-state index in [1.165, 1.54) is 5.56 Å². The Morgan fingerprint density at radius 3 is 2.50 bits per heavy atom. The summed E-state index contributed by atoms with van der Waals surface area (Å²) >= 11 is 2.01. The number of carbonyl (C=O) groups is 1. The Labute approximate surface area is 193 Å². The van der Waals surface area contributed by atoms with Crippen molar-refractivity contribution in [3.8, 4) is 11.1 Å². The van der Waals surface area contributed by atoms with Gasteiger partial charge in [0.2, 0.25) is 0 Å². The number of hydrogen-bond acceptors (Lipinski definition) is 5. The Balaban J connectivity index is 1.47. The summed E-state index contributed by atoms with van der Waals surface area (Å²) in [6.45, 7) is 5.54. The lowest BCUT2D eigenvalue weighted by Gasteiger charge is -2.19. The van der Waals surface area contributed by atoms with E-state index >= 15 is 0 Å². The summed E-state index contributed by atoms with van der Waals surface area (Å²) in [6, 6.07) is 10.0. The highest BCUT2D eigenvalue weighted by molar-refractivity contribution is 8.00. The van der Waals surface area contributed by atoms with E-state index in [9.17, 15) is 4.79 Å².